The Morgan fingerprint density at radius 3 is 2.19 bits per heavy atom. The van der Waals surface area contributed by atoms with Crippen LogP contribution in [0.2, 0.25) is 5.02 Å². The molecule has 6 heteroatoms. The zero-order chi connectivity index (χ0) is 15.3. The van der Waals surface area contributed by atoms with E-state index in [1.165, 1.54) is 0 Å². The van der Waals surface area contributed by atoms with Crippen LogP contribution in [0.3, 0.4) is 0 Å². The van der Waals surface area contributed by atoms with E-state index in [-0.39, 0.29) is 4.90 Å². The molecule has 21 heavy (non-hydrogen) atoms. The molecule has 0 saturated heterocycles. The van der Waals surface area contributed by atoms with Crippen LogP contribution in [0.5, 0.6) is 0 Å². The second kappa shape index (κ2) is 6.93. The van der Waals surface area contributed by atoms with Gasteiger partial charge in [0.05, 0.1) is 4.90 Å². The number of nitrogens with one attached hydrogen (secondary N) is 2. The predicted molar refractivity (Wildman–Crippen MR) is 86.1 cm³/mol. The number of sulfonamides is 1. The van der Waals surface area contributed by atoms with Crippen molar-refractivity contribution in [3.63, 3.8) is 0 Å². The van der Waals surface area contributed by atoms with E-state index in [1.54, 1.807) is 31.2 Å². The highest BCUT2D eigenvalue weighted by atomic mass is 35.5. The van der Waals surface area contributed by atoms with Crippen LogP contribution >= 0.6 is 11.6 Å². The van der Waals surface area contributed by atoms with Crippen molar-refractivity contribution in [3.05, 3.63) is 59.1 Å². The largest absolute Gasteiger partial charge is 0.381 e. The van der Waals surface area contributed by atoms with Crippen molar-refractivity contribution >= 4 is 27.3 Å². The molecule has 0 saturated carbocycles. The summed E-state index contributed by atoms with van der Waals surface area (Å²) in [5, 5.41) is 3.94. The van der Waals surface area contributed by atoms with Gasteiger partial charge in [0.15, 0.2) is 0 Å². The summed E-state index contributed by atoms with van der Waals surface area (Å²) in [5.74, 6) is 0. The maximum Gasteiger partial charge on any atom is 0.240 e. The summed E-state index contributed by atoms with van der Waals surface area (Å²) in [4.78, 5) is 0.265. The molecule has 0 bridgehead atoms. The second-order valence-corrected chi connectivity index (χ2v) is 6.71. The normalized spacial score (nSPS) is 11.3. The summed E-state index contributed by atoms with van der Waals surface area (Å²) >= 11 is 5.83. The first kappa shape index (κ1) is 15.8. The molecule has 0 amide bonds. The van der Waals surface area contributed by atoms with E-state index in [0.29, 0.717) is 18.1 Å². The molecule has 0 radical (unpaired) electrons. The van der Waals surface area contributed by atoms with Gasteiger partial charge in [-0.1, -0.05) is 30.7 Å². The van der Waals surface area contributed by atoms with E-state index in [9.17, 15) is 8.42 Å². The zero-order valence-corrected chi connectivity index (χ0v) is 13.2. The van der Waals surface area contributed by atoms with Gasteiger partial charge in [0.2, 0.25) is 10.0 Å². The van der Waals surface area contributed by atoms with Gasteiger partial charge < -0.3 is 5.32 Å². The Kier molecular flexibility index (Phi) is 5.22. The average Bonchev–Trinajstić information content (AvgIpc) is 2.47. The number of hydrogen-bond donors (Lipinski definition) is 2. The third-order valence-corrected chi connectivity index (χ3v) is 4.72. The van der Waals surface area contributed by atoms with Crippen LogP contribution in [-0.4, -0.2) is 15.0 Å². The first-order valence-electron chi connectivity index (χ1n) is 6.59. The van der Waals surface area contributed by atoms with Crippen molar-refractivity contribution in [3.8, 4) is 0 Å². The lowest BCUT2D eigenvalue weighted by molar-refractivity contribution is 0.584. The molecule has 2 aromatic rings. The minimum atomic E-state index is -3.39. The fourth-order valence-electron chi connectivity index (χ4n) is 1.83. The maximum atomic E-state index is 11.8. The van der Waals surface area contributed by atoms with Gasteiger partial charge in [0.1, 0.15) is 0 Å². The molecule has 0 aliphatic heterocycles. The van der Waals surface area contributed by atoms with Gasteiger partial charge in [-0.15, -0.1) is 0 Å². The molecule has 2 N–H and O–H groups in total. The molecule has 0 heterocycles. The van der Waals surface area contributed by atoms with Crippen LogP contribution in [0, 0.1) is 0 Å². The highest BCUT2D eigenvalue weighted by Gasteiger charge is 2.11. The van der Waals surface area contributed by atoms with E-state index in [0.717, 1.165) is 11.3 Å². The molecule has 112 valence electrons. The SMILES string of the molecule is CCNS(=O)(=O)c1ccc(NCc2ccc(Cl)cc2)cc1. The minimum absolute atomic E-state index is 0.265. The number of halogens is 1. The lowest BCUT2D eigenvalue weighted by atomic mass is 10.2. The summed E-state index contributed by atoms with van der Waals surface area (Å²) < 4.78 is 26.1. The third-order valence-electron chi connectivity index (χ3n) is 2.91. The second-order valence-electron chi connectivity index (χ2n) is 4.51. The maximum absolute atomic E-state index is 11.8. The number of anilines is 1. The summed E-state index contributed by atoms with van der Waals surface area (Å²) in [5.41, 5.74) is 1.96. The van der Waals surface area contributed by atoms with Gasteiger partial charge in [0, 0.05) is 23.8 Å². The van der Waals surface area contributed by atoms with E-state index in [4.69, 9.17) is 11.6 Å². The Bertz CT molecular complexity index is 683. The van der Waals surface area contributed by atoms with Crippen molar-refractivity contribution in [2.24, 2.45) is 0 Å². The van der Waals surface area contributed by atoms with Crippen molar-refractivity contribution in [1.29, 1.82) is 0 Å². The van der Waals surface area contributed by atoms with Crippen LogP contribution in [0.4, 0.5) is 5.69 Å². The smallest absolute Gasteiger partial charge is 0.240 e. The first-order chi connectivity index (χ1) is 10.0. The van der Waals surface area contributed by atoms with Gasteiger partial charge >= 0.3 is 0 Å². The minimum Gasteiger partial charge on any atom is -0.381 e. The Morgan fingerprint density at radius 1 is 1.00 bits per heavy atom. The lowest BCUT2D eigenvalue weighted by Gasteiger charge is -2.08. The predicted octanol–water partition coefficient (Wildman–Crippen LogP) is 3.25. The van der Waals surface area contributed by atoms with Crippen molar-refractivity contribution < 1.29 is 8.42 Å². The van der Waals surface area contributed by atoms with E-state index >= 15 is 0 Å². The fraction of sp³-hybridized carbons (Fsp3) is 0.200. The molecule has 0 spiro atoms. The molecule has 2 aromatic carbocycles. The third kappa shape index (κ3) is 4.46. The van der Waals surface area contributed by atoms with Gasteiger partial charge in [0.25, 0.3) is 0 Å². The van der Waals surface area contributed by atoms with Crippen molar-refractivity contribution in [2.75, 3.05) is 11.9 Å². The molecule has 0 unspecified atom stereocenters. The highest BCUT2D eigenvalue weighted by molar-refractivity contribution is 7.89. The highest BCUT2D eigenvalue weighted by Crippen LogP contribution is 2.15. The molecular formula is C15H17ClN2O2S. The summed E-state index contributed by atoms with van der Waals surface area (Å²) in [6.07, 6.45) is 0. The molecule has 0 aliphatic rings. The van der Waals surface area contributed by atoms with E-state index < -0.39 is 10.0 Å². The zero-order valence-electron chi connectivity index (χ0n) is 11.6. The quantitative estimate of drug-likeness (QED) is 0.857. The van der Waals surface area contributed by atoms with Crippen LogP contribution in [0.1, 0.15) is 12.5 Å². The monoisotopic (exact) mass is 324 g/mol. The van der Waals surface area contributed by atoms with Crippen LogP contribution in [-0.2, 0) is 16.6 Å². The van der Waals surface area contributed by atoms with Crippen LogP contribution < -0.4 is 10.0 Å². The average molecular weight is 325 g/mol. The number of benzene rings is 2. The van der Waals surface area contributed by atoms with Crippen molar-refractivity contribution in [1.82, 2.24) is 4.72 Å². The fourth-order valence-corrected chi connectivity index (χ4v) is 3.00. The van der Waals surface area contributed by atoms with Gasteiger partial charge in [-0.05, 0) is 42.0 Å². The summed E-state index contributed by atoms with van der Waals surface area (Å²) in [6, 6.07) is 14.2. The first-order valence-corrected chi connectivity index (χ1v) is 8.45. The molecule has 0 fully saturated rings. The Hall–Kier alpha value is -1.56. The number of hydrogen-bond acceptors (Lipinski definition) is 3. The lowest BCUT2D eigenvalue weighted by Crippen LogP contribution is -2.23. The van der Waals surface area contributed by atoms with Crippen molar-refractivity contribution in [2.45, 2.75) is 18.4 Å². The number of rotatable bonds is 6. The Labute approximate surface area is 130 Å². The molecular weight excluding hydrogens is 308 g/mol. The van der Waals surface area contributed by atoms with Crippen LogP contribution in [0.15, 0.2) is 53.4 Å². The Morgan fingerprint density at radius 2 is 1.62 bits per heavy atom. The van der Waals surface area contributed by atoms with Gasteiger partial charge in [-0.3, -0.25) is 0 Å². The topological polar surface area (TPSA) is 58.2 Å². The molecule has 0 aliphatic carbocycles. The standard InChI is InChI=1S/C15H17ClN2O2S/c1-2-18-21(19,20)15-9-7-14(8-10-15)17-11-12-3-5-13(16)6-4-12/h3-10,17-18H,2,11H2,1H3. The molecule has 0 atom stereocenters. The van der Waals surface area contributed by atoms with E-state index in [2.05, 4.69) is 10.0 Å². The summed E-state index contributed by atoms with van der Waals surface area (Å²) in [6.45, 7) is 2.77. The molecule has 2 rings (SSSR count). The van der Waals surface area contributed by atoms with E-state index in [1.807, 2.05) is 24.3 Å². The summed E-state index contributed by atoms with van der Waals surface area (Å²) in [7, 11) is -3.39. The van der Waals surface area contributed by atoms with Gasteiger partial charge in [-0.2, -0.15) is 0 Å². The molecule has 4 nitrogen and oxygen atoms in total. The van der Waals surface area contributed by atoms with Crippen LogP contribution in [0.25, 0.3) is 0 Å². The van der Waals surface area contributed by atoms with Gasteiger partial charge in [-0.25, -0.2) is 13.1 Å². The molecule has 0 aromatic heterocycles. The Balaban J connectivity index is 2.01.